The maximum absolute atomic E-state index is 12.9. The number of carbonyl (C=O) groups excluding carboxylic acids is 4. The van der Waals surface area contributed by atoms with E-state index in [2.05, 4.69) is 31.3 Å². The third kappa shape index (κ3) is 6.38. The number of amides is 4. The minimum atomic E-state index is -0.673. The molecule has 2 N–H and O–H groups in total. The van der Waals surface area contributed by atoms with Crippen molar-refractivity contribution in [3.8, 4) is 5.75 Å². The molecule has 0 bridgehead atoms. The van der Waals surface area contributed by atoms with E-state index in [9.17, 15) is 19.2 Å². The van der Waals surface area contributed by atoms with Crippen LogP contribution >= 0.6 is 27.5 Å². The minimum absolute atomic E-state index is 0.00156. The second-order valence-electron chi connectivity index (χ2n) is 7.66. The highest BCUT2D eigenvalue weighted by Crippen LogP contribution is 2.27. The van der Waals surface area contributed by atoms with Gasteiger partial charge in [0.25, 0.3) is 11.8 Å². The summed E-state index contributed by atoms with van der Waals surface area (Å²) in [5.41, 5.74) is 1.01. The summed E-state index contributed by atoms with van der Waals surface area (Å²) in [5, 5.41) is 5.76. The van der Waals surface area contributed by atoms with Crippen LogP contribution < -0.4 is 15.4 Å². The van der Waals surface area contributed by atoms with Gasteiger partial charge in [-0.15, -0.1) is 0 Å². The average Bonchev–Trinajstić information content (AvgIpc) is 3.45. The summed E-state index contributed by atoms with van der Waals surface area (Å²) in [7, 11) is 1.21. The summed E-state index contributed by atoms with van der Waals surface area (Å²) in [4.78, 5) is 50.2. The van der Waals surface area contributed by atoms with Gasteiger partial charge in [-0.2, -0.15) is 0 Å². The molecule has 12 heteroatoms. The van der Waals surface area contributed by atoms with E-state index in [-0.39, 0.29) is 30.4 Å². The van der Waals surface area contributed by atoms with Crippen molar-refractivity contribution in [2.75, 3.05) is 19.0 Å². The minimum Gasteiger partial charge on any atom is -0.483 e. The van der Waals surface area contributed by atoms with Crippen LogP contribution in [0.3, 0.4) is 0 Å². The molecule has 1 aromatic heterocycles. The van der Waals surface area contributed by atoms with E-state index < -0.39 is 23.8 Å². The number of imide groups is 1. The van der Waals surface area contributed by atoms with Crippen LogP contribution in [0.4, 0.5) is 10.5 Å². The van der Waals surface area contributed by atoms with Gasteiger partial charge >= 0.3 is 12.0 Å². The quantitative estimate of drug-likeness (QED) is 0.224. The molecule has 2 aromatic carbocycles. The number of carbonyl (C=O) groups is 4. The summed E-state index contributed by atoms with van der Waals surface area (Å²) in [6.45, 7) is -0.487. The number of nitrogens with zero attached hydrogens (tertiary/aromatic N) is 1. The lowest BCUT2D eigenvalue weighted by Gasteiger charge is -2.11. The van der Waals surface area contributed by atoms with Crippen LogP contribution in [0.25, 0.3) is 6.08 Å². The van der Waals surface area contributed by atoms with Gasteiger partial charge in [0, 0.05) is 20.7 Å². The standard InChI is InChI=1S/C25H19BrClN3O7/c1-35-24(33)21-9-7-18(37-21)12-30-23(32)19(29-25(30)34)11-14-10-15(26)2-8-20(14)36-13-22(31)28-17-5-3-16(27)4-6-17/h2-11H,12-13H2,1H3,(H,28,31)(H,29,34)/b19-11-. The number of benzene rings is 2. The van der Waals surface area contributed by atoms with E-state index >= 15 is 0 Å². The number of methoxy groups -OCH3 is 1. The van der Waals surface area contributed by atoms with E-state index in [0.717, 1.165) is 4.90 Å². The molecule has 0 saturated carbocycles. The number of furan rings is 1. The number of halogens is 2. The van der Waals surface area contributed by atoms with Gasteiger partial charge in [-0.3, -0.25) is 14.5 Å². The largest absolute Gasteiger partial charge is 0.483 e. The topological polar surface area (TPSA) is 127 Å². The third-order valence-corrected chi connectivity index (χ3v) is 5.83. The fourth-order valence-electron chi connectivity index (χ4n) is 3.34. The summed E-state index contributed by atoms with van der Waals surface area (Å²) < 4.78 is 16.3. The molecule has 1 saturated heterocycles. The smallest absolute Gasteiger partial charge is 0.373 e. The first-order valence-corrected chi connectivity index (χ1v) is 11.9. The van der Waals surface area contributed by atoms with Gasteiger partial charge in [-0.25, -0.2) is 9.59 Å². The molecule has 0 radical (unpaired) electrons. The lowest BCUT2D eigenvalue weighted by molar-refractivity contribution is -0.123. The summed E-state index contributed by atoms with van der Waals surface area (Å²) >= 11 is 9.23. The SMILES string of the molecule is COC(=O)c1ccc(CN2C(=O)N/C(=C\c3cc(Br)ccc3OCC(=O)Nc3ccc(Cl)cc3)C2=O)o1. The molecular formula is C25H19BrClN3O7. The van der Waals surface area contributed by atoms with Crippen molar-refractivity contribution in [2.45, 2.75) is 6.54 Å². The second kappa shape index (κ2) is 11.3. The number of hydrogen-bond donors (Lipinski definition) is 2. The molecule has 0 aliphatic carbocycles. The van der Waals surface area contributed by atoms with Crippen molar-refractivity contribution in [3.05, 3.63) is 86.9 Å². The first-order chi connectivity index (χ1) is 17.7. The molecule has 4 rings (SSSR count). The van der Waals surface area contributed by atoms with Crippen molar-refractivity contribution in [2.24, 2.45) is 0 Å². The monoisotopic (exact) mass is 587 g/mol. The third-order valence-electron chi connectivity index (χ3n) is 5.08. The number of urea groups is 1. The van der Waals surface area contributed by atoms with Gasteiger partial charge < -0.3 is 24.5 Å². The van der Waals surface area contributed by atoms with Gasteiger partial charge in [0.1, 0.15) is 17.2 Å². The van der Waals surface area contributed by atoms with E-state index in [1.807, 2.05) is 0 Å². The Morgan fingerprint density at radius 2 is 1.89 bits per heavy atom. The molecular weight excluding hydrogens is 570 g/mol. The first kappa shape index (κ1) is 26.0. The number of esters is 1. The zero-order valence-corrected chi connectivity index (χ0v) is 21.6. The molecule has 2 heterocycles. The van der Waals surface area contributed by atoms with Crippen molar-refractivity contribution in [1.29, 1.82) is 0 Å². The number of nitrogens with one attached hydrogen (secondary N) is 2. The molecule has 4 amide bonds. The van der Waals surface area contributed by atoms with Gasteiger partial charge in [0.15, 0.2) is 6.61 Å². The number of hydrogen-bond acceptors (Lipinski definition) is 7. The number of anilines is 1. The van der Waals surface area contributed by atoms with E-state index in [1.165, 1.54) is 25.3 Å². The predicted octanol–water partition coefficient (Wildman–Crippen LogP) is 4.59. The highest BCUT2D eigenvalue weighted by Gasteiger charge is 2.34. The summed E-state index contributed by atoms with van der Waals surface area (Å²) in [6, 6.07) is 13.9. The van der Waals surface area contributed by atoms with Gasteiger partial charge in [0.2, 0.25) is 5.76 Å². The average molecular weight is 589 g/mol. The molecule has 1 fully saturated rings. The molecule has 0 spiro atoms. The summed E-state index contributed by atoms with van der Waals surface area (Å²) in [6.07, 6.45) is 1.44. The van der Waals surface area contributed by atoms with E-state index in [1.54, 1.807) is 42.5 Å². The van der Waals surface area contributed by atoms with Gasteiger partial charge in [-0.1, -0.05) is 27.5 Å². The van der Waals surface area contributed by atoms with Crippen molar-refractivity contribution >= 4 is 63.1 Å². The maximum atomic E-state index is 12.9. The van der Waals surface area contributed by atoms with Crippen LogP contribution in [-0.2, 0) is 20.9 Å². The van der Waals surface area contributed by atoms with Gasteiger partial charge in [0.05, 0.1) is 13.7 Å². The Labute approximate surface area is 224 Å². The zero-order chi connectivity index (χ0) is 26.5. The molecule has 1 aliphatic rings. The van der Waals surface area contributed by atoms with Gasteiger partial charge in [-0.05, 0) is 60.7 Å². The van der Waals surface area contributed by atoms with Crippen molar-refractivity contribution in [1.82, 2.24) is 10.2 Å². The maximum Gasteiger partial charge on any atom is 0.373 e. The molecule has 3 aromatic rings. The normalized spacial score (nSPS) is 14.0. The lowest BCUT2D eigenvalue weighted by atomic mass is 10.1. The highest BCUT2D eigenvalue weighted by molar-refractivity contribution is 9.10. The van der Waals surface area contributed by atoms with Crippen LogP contribution in [0.1, 0.15) is 21.9 Å². The molecule has 0 atom stereocenters. The number of ether oxygens (including phenoxy) is 2. The van der Waals surface area contributed by atoms with E-state index in [4.69, 9.17) is 20.8 Å². The molecule has 10 nitrogen and oxygen atoms in total. The predicted molar refractivity (Wildman–Crippen MR) is 137 cm³/mol. The van der Waals surface area contributed by atoms with Crippen molar-refractivity contribution in [3.63, 3.8) is 0 Å². The Morgan fingerprint density at radius 3 is 2.62 bits per heavy atom. The Morgan fingerprint density at radius 1 is 1.14 bits per heavy atom. The molecule has 1 aliphatic heterocycles. The number of rotatable bonds is 8. The molecule has 37 heavy (non-hydrogen) atoms. The molecule has 190 valence electrons. The Balaban J connectivity index is 1.46. The van der Waals surface area contributed by atoms with Crippen LogP contribution in [0.5, 0.6) is 5.75 Å². The molecule has 0 unspecified atom stereocenters. The lowest BCUT2D eigenvalue weighted by Crippen LogP contribution is -2.30. The Bertz CT molecular complexity index is 1400. The second-order valence-corrected chi connectivity index (χ2v) is 9.02. The Kier molecular flexibility index (Phi) is 7.95. The van der Waals surface area contributed by atoms with Crippen molar-refractivity contribution < 1.29 is 33.1 Å². The van der Waals surface area contributed by atoms with Crippen LogP contribution in [-0.4, -0.2) is 42.4 Å². The highest BCUT2D eigenvalue weighted by atomic mass is 79.9. The Hall–Kier alpha value is -4.09. The fourth-order valence-corrected chi connectivity index (χ4v) is 3.84. The zero-order valence-electron chi connectivity index (χ0n) is 19.2. The van der Waals surface area contributed by atoms with Crippen LogP contribution in [0, 0.1) is 0 Å². The van der Waals surface area contributed by atoms with Crippen LogP contribution in [0.2, 0.25) is 5.02 Å². The first-order valence-electron chi connectivity index (χ1n) is 10.7. The summed E-state index contributed by atoms with van der Waals surface area (Å²) in [5.74, 6) is -1.18. The van der Waals surface area contributed by atoms with Crippen LogP contribution in [0.15, 0.2) is 69.2 Å². The fraction of sp³-hybridized carbons (Fsp3) is 0.120. The van der Waals surface area contributed by atoms with E-state index in [0.29, 0.717) is 26.5 Å².